The molecule has 0 radical (unpaired) electrons. The number of carbonyl (C=O) groups is 1. The molecule has 0 amide bonds. The lowest BCUT2D eigenvalue weighted by molar-refractivity contribution is -0.128. The van der Waals surface area contributed by atoms with E-state index in [1.807, 2.05) is 24.3 Å². The van der Waals surface area contributed by atoms with Crippen LogP contribution in [0.2, 0.25) is 0 Å². The van der Waals surface area contributed by atoms with Crippen molar-refractivity contribution >= 4 is 6.47 Å². The molecule has 0 saturated carbocycles. The maximum absolute atomic E-state index is 9.18. The summed E-state index contributed by atoms with van der Waals surface area (Å²) in [5, 5.41) is 7.27. The van der Waals surface area contributed by atoms with Gasteiger partial charge in [-0.1, -0.05) is 12.2 Å². The van der Waals surface area contributed by atoms with Crippen LogP contribution < -0.4 is 0 Å². The molecular weight excluding hydrogens is 168 g/mol. The van der Waals surface area contributed by atoms with Crippen LogP contribution in [0.1, 0.15) is 6.92 Å². The topological polar surface area (TPSA) is 51.0 Å². The summed E-state index contributed by atoms with van der Waals surface area (Å²) in [5.41, 5.74) is 0. The highest BCUT2D eigenvalue weighted by Crippen LogP contribution is 1.87. The molecule has 1 aliphatic heterocycles. The summed E-state index contributed by atoms with van der Waals surface area (Å²) in [6.07, 6.45) is 10.7. The van der Waals surface area contributed by atoms with Crippen LogP contribution in [0.25, 0.3) is 0 Å². The van der Waals surface area contributed by atoms with Gasteiger partial charge in [0.05, 0.1) is 6.61 Å². The first-order valence-corrected chi connectivity index (χ1v) is 3.85. The monoisotopic (exact) mass is 180 g/mol. The normalized spacial score (nSPS) is 12.4. The number of allylic oxidation sites excluding steroid dienone is 4. The van der Waals surface area contributed by atoms with Crippen LogP contribution in [-0.2, 0) is 9.53 Å². The number of ether oxygens (including phenoxy) is 1. The van der Waals surface area contributed by atoms with E-state index < -0.39 is 0 Å². The van der Waals surface area contributed by atoms with Crippen LogP contribution in [0.15, 0.2) is 46.9 Å². The highest BCUT2D eigenvalue weighted by molar-refractivity contribution is 5.36. The van der Waals surface area contributed by atoms with E-state index in [9.17, 15) is 4.79 Å². The maximum atomic E-state index is 9.18. The number of hydrogen-bond donors (Lipinski definition) is 0. The van der Waals surface area contributed by atoms with E-state index in [-0.39, 0.29) is 0 Å². The fourth-order valence-corrected chi connectivity index (χ4v) is 0.450. The molecule has 0 aromatic heterocycles. The molecule has 0 unspecified atom stereocenters. The Morgan fingerprint density at radius 3 is 2.00 bits per heavy atom. The van der Waals surface area contributed by atoms with Gasteiger partial charge < -0.3 is 4.74 Å². The molecule has 1 rings (SSSR count). The lowest BCUT2D eigenvalue weighted by Gasteiger charge is -1.79. The smallest absolute Gasteiger partial charge is 0.293 e. The van der Waals surface area contributed by atoms with Crippen molar-refractivity contribution in [3.63, 3.8) is 0 Å². The van der Waals surface area contributed by atoms with Crippen molar-refractivity contribution in [2.75, 3.05) is 6.61 Å². The van der Waals surface area contributed by atoms with E-state index in [1.54, 1.807) is 19.3 Å². The molecule has 0 N–H and O–H groups in total. The lowest BCUT2D eigenvalue weighted by Crippen LogP contribution is -1.80. The van der Waals surface area contributed by atoms with Crippen molar-refractivity contribution < 1.29 is 9.53 Å². The zero-order chi connectivity index (χ0) is 9.78. The largest absolute Gasteiger partial charge is 0.468 e. The highest BCUT2D eigenvalue weighted by atomic mass is 16.5. The Bertz CT molecular complexity index is 174. The van der Waals surface area contributed by atoms with E-state index in [0.29, 0.717) is 13.1 Å². The first-order valence-electron chi connectivity index (χ1n) is 3.85. The van der Waals surface area contributed by atoms with Gasteiger partial charge in [0.25, 0.3) is 6.47 Å². The van der Waals surface area contributed by atoms with Gasteiger partial charge in [0.2, 0.25) is 0 Å². The molecule has 0 atom stereocenters. The van der Waals surface area contributed by atoms with E-state index in [0.717, 1.165) is 0 Å². The molecule has 0 aromatic carbocycles. The molecule has 0 aromatic rings. The van der Waals surface area contributed by atoms with Gasteiger partial charge in [-0.05, 0) is 19.1 Å². The Morgan fingerprint density at radius 2 is 1.69 bits per heavy atom. The highest BCUT2D eigenvalue weighted by Gasteiger charge is 1.66. The minimum atomic E-state index is 0.431. The molecule has 4 heteroatoms. The van der Waals surface area contributed by atoms with Crippen LogP contribution >= 0.6 is 0 Å². The van der Waals surface area contributed by atoms with Crippen LogP contribution in [-0.4, -0.2) is 13.1 Å². The fourth-order valence-electron chi connectivity index (χ4n) is 0.450. The molecule has 0 spiro atoms. The molecule has 1 heterocycles. The second-order valence-corrected chi connectivity index (χ2v) is 1.85. The molecule has 0 bridgehead atoms. The number of hydrogen-bond acceptors (Lipinski definition) is 4. The van der Waals surface area contributed by atoms with E-state index in [1.165, 1.54) is 0 Å². The Kier molecular flexibility index (Phi) is 8.94. The minimum Gasteiger partial charge on any atom is -0.468 e. The molecule has 0 fully saturated rings. The molecule has 0 saturated heterocycles. The predicted molar refractivity (Wildman–Crippen MR) is 50.0 cm³/mol. The molecular formula is C9H12N2O2. The summed E-state index contributed by atoms with van der Waals surface area (Å²) in [4.78, 5) is 9.18. The van der Waals surface area contributed by atoms with Crippen molar-refractivity contribution in [3.05, 3.63) is 36.7 Å². The quantitative estimate of drug-likeness (QED) is 0.612. The van der Waals surface area contributed by atoms with Gasteiger partial charge in [0, 0.05) is 12.4 Å². The Morgan fingerprint density at radius 1 is 1.15 bits per heavy atom. The van der Waals surface area contributed by atoms with Crippen molar-refractivity contribution in [2.24, 2.45) is 10.2 Å². The van der Waals surface area contributed by atoms with Gasteiger partial charge in [0.1, 0.15) is 0 Å². The molecule has 4 nitrogen and oxygen atoms in total. The third-order valence-corrected chi connectivity index (χ3v) is 0.940. The maximum Gasteiger partial charge on any atom is 0.293 e. The molecule has 0 aliphatic carbocycles. The van der Waals surface area contributed by atoms with E-state index in [2.05, 4.69) is 15.0 Å². The first kappa shape index (κ1) is 11.3. The van der Waals surface area contributed by atoms with Gasteiger partial charge in [-0.2, -0.15) is 10.2 Å². The van der Waals surface area contributed by atoms with Crippen molar-refractivity contribution in [3.8, 4) is 0 Å². The van der Waals surface area contributed by atoms with Gasteiger partial charge in [-0.15, -0.1) is 0 Å². The molecule has 1 aliphatic rings. The van der Waals surface area contributed by atoms with Crippen molar-refractivity contribution in [1.82, 2.24) is 0 Å². The van der Waals surface area contributed by atoms with Gasteiger partial charge in [-0.25, -0.2) is 0 Å². The molecule has 13 heavy (non-hydrogen) atoms. The second-order valence-electron chi connectivity index (χ2n) is 1.85. The summed E-state index contributed by atoms with van der Waals surface area (Å²) in [7, 11) is 0. The number of nitrogens with zero attached hydrogens (tertiary/aromatic N) is 2. The zero-order valence-corrected chi connectivity index (χ0v) is 7.46. The van der Waals surface area contributed by atoms with Crippen molar-refractivity contribution in [2.45, 2.75) is 6.92 Å². The Labute approximate surface area is 77.3 Å². The summed E-state index contributed by atoms with van der Waals surface area (Å²) in [5.74, 6) is 0. The molecule has 70 valence electrons. The summed E-state index contributed by atoms with van der Waals surface area (Å²) >= 11 is 0. The van der Waals surface area contributed by atoms with E-state index >= 15 is 0 Å². The standard InChI is InChI=1S/C6H6N2.C3H6O2/c1-2-4-6-8-7-5-3-1;1-2-5-3-4/h1-6H;3H,2H2,1H3. The summed E-state index contributed by atoms with van der Waals surface area (Å²) in [6.45, 7) is 2.66. The third-order valence-electron chi connectivity index (χ3n) is 0.940. The average molecular weight is 180 g/mol. The van der Waals surface area contributed by atoms with Crippen LogP contribution in [0.5, 0.6) is 0 Å². The van der Waals surface area contributed by atoms with Gasteiger partial charge >= 0.3 is 0 Å². The predicted octanol–water partition coefficient (Wildman–Crippen LogP) is 2.22. The SMILES string of the molecule is C1=CC=CN=NC=C1.CCOC=O. The van der Waals surface area contributed by atoms with Crippen LogP contribution in [0, 0.1) is 0 Å². The van der Waals surface area contributed by atoms with Crippen molar-refractivity contribution in [1.29, 1.82) is 0 Å². The Balaban J connectivity index is 0.000000252. The third kappa shape index (κ3) is 10.3. The Hall–Kier alpha value is -1.71. The van der Waals surface area contributed by atoms with Crippen LogP contribution in [0.3, 0.4) is 0 Å². The van der Waals surface area contributed by atoms with Gasteiger partial charge in [0.15, 0.2) is 0 Å². The summed E-state index contributed by atoms with van der Waals surface area (Å²) < 4.78 is 4.15. The van der Waals surface area contributed by atoms with Gasteiger partial charge in [-0.3, -0.25) is 4.79 Å². The minimum absolute atomic E-state index is 0.431. The number of carbonyl (C=O) groups excluding carboxylic acids is 1. The fraction of sp³-hybridized carbons (Fsp3) is 0.222. The zero-order valence-electron chi connectivity index (χ0n) is 7.46. The number of rotatable bonds is 2. The summed E-state index contributed by atoms with van der Waals surface area (Å²) in [6, 6.07) is 0. The average Bonchev–Trinajstić information content (AvgIpc) is 2.05. The number of azo groups is 1. The second kappa shape index (κ2) is 10.3. The first-order chi connectivity index (χ1) is 6.41. The lowest BCUT2D eigenvalue weighted by atomic mass is 10.4. The van der Waals surface area contributed by atoms with Crippen LogP contribution in [0.4, 0.5) is 0 Å². The van der Waals surface area contributed by atoms with E-state index in [4.69, 9.17) is 0 Å².